The van der Waals surface area contributed by atoms with E-state index in [0.29, 0.717) is 13.1 Å². The lowest BCUT2D eigenvalue weighted by atomic mass is 10.1. The summed E-state index contributed by atoms with van der Waals surface area (Å²) in [5.74, 6) is 0.845. The van der Waals surface area contributed by atoms with E-state index in [2.05, 4.69) is 0 Å². The van der Waals surface area contributed by atoms with Gasteiger partial charge in [0.2, 0.25) is 0 Å². The maximum absolute atomic E-state index is 13.7. The number of hydrogen-bond donors (Lipinski definition) is 0. The molecule has 1 amide bonds. The lowest BCUT2D eigenvalue weighted by molar-refractivity contribution is 0.0591. The maximum Gasteiger partial charge on any atom is 0.256 e. The lowest BCUT2D eigenvalue weighted by Gasteiger charge is -2.32. The fourth-order valence-corrected chi connectivity index (χ4v) is 2.83. The molecule has 24 heavy (non-hydrogen) atoms. The summed E-state index contributed by atoms with van der Waals surface area (Å²) in [6.07, 6.45) is 1.52. The van der Waals surface area contributed by atoms with Crippen molar-refractivity contribution in [3.8, 4) is 11.5 Å². The third kappa shape index (κ3) is 3.67. The lowest BCUT2D eigenvalue weighted by Crippen LogP contribution is -2.42. The molecule has 1 aliphatic rings. The molecule has 1 saturated heterocycles. The molecule has 3 rings (SSSR count). The van der Waals surface area contributed by atoms with Gasteiger partial charge in [0.1, 0.15) is 23.4 Å². The molecule has 1 heterocycles. The molecule has 5 heteroatoms. The minimum Gasteiger partial charge on any atom is -0.497 e. The number of ether oxygens (including phenoxy) is 2. The minimum absolute atomic E-state index is 0.0584. The fraction of sp³-hybridized carbons (Fsp3) is 0.316. The van der Waals surface area contributed by atoms with Crippen molar-refractivity contribution in [1.29, 1.82) is 0 Å². The van der Waals surface area contributed by atoms with Crippen molar-refractivity contribution in [2.75, 3.05) is 20.2 Å². The average molecular weight is 329 g/mol. The Balaban J connectivity index is 1.55. The maximum atomic E-state index is 13.7. The predicted molar refractivity (Wildman–Crippen MR) is 88.9 cm³/mol. The van der Waals surface area contributed by atoms with Gasteiger partial charge in [0.15, 0.2) is 0 Å². The molecule has 1 aliphatic heterocycles. The summed E-state index contributed by atoms with van der Waals surface area (Å²) >= 11 is 0. The van der Waals surface area contributed by atoms with E-state index in [-0.39, 0.29) is 17.6 Å². The van der Waals surface area contributed by atoms with Gasteiger partial charge >= 0.3 is 0 Å². The highest BCUT2D eigenvalue weighted by Crippen LogP contribution is 2.23. The van der Waals surface area contributed by atoms with Gasteiger partial charge in [-0.15, -0.1) is 0 Å². The molecule has 0 unspecified atom stereocenters. The molecule has 0 saturated carbocycles. The van der Waals surface area contributed by atoms with Gasteiger partial charge in [-0.1, -0.05) is 12.1 Å². The first-order chi connectivity index (χ1) is 11.7. The number of rotatable bonds is 4. The normalized spacial score (nSPS) is 15.2. The highest BCUT2D eigenvalue weighted by molar-refractivity contribution is 5.94. The molecule has 0 radical (unpaired) electrons. The fourth-order valence-electron chi connectivity index (χ4n) is 2.83. The number of nitrogens with zero attached hydrogens (tertiary/aromatic N) is 1. The van der Waals surface area contributed by atoms with Crippen LogP contribution in [0, 0.1) is 5.82 Å². The molecule has 2 aromatic rings. The van der Waals surface area contributed by atoms with E-state index < -0.39 is 5.82 Å². The van der Waals surface area contributed by atoms with Crippen LogP contribution in [0.25, 0.3) is 0 Å². The van der Waals surface area contributed by atoms with E-state index in [1.165, 1.54) is 12.1 Å². The molecule has 1 fully saturated rings. The summed E-state index contributed by atoms with van der Waals surface area (Å²) in [6.45, 7) is 1.13. The van der Waals surface area contributed by atoms with Gasteiger partial charge < -0.3 is 14.4 Å². The highest BCUT2D eigenvalue weighted by atomic mass is 19.1. The van der Waals surface area contributed by atoms with Gasteiger partial charge in [0.25, 0.3) is 5.91 Å². The zero-order valence-corrected chi connectivity index (χ0v) is 13.6. The zero-order chi connectivity index (χ0) is 16.9. The van der Waals surface area contributed by atoms with E-state index in [9.17, 15) is 9.18 Å². The van der Waals surface area contributed by atoms with E-state index >= 15 is 0 Å². The first kappa shape index (κ1) is 16.3. The smallest absolute Gasteiger partial charge is 0.256 e. The Morgan fingerprint density at radius 1 is 1.04 bits per heavy atom. The largest absolute Gasteiger partial charge is 0.497 e. The van der Waals surface area contributed by atoms with Crippen molar-refractivity contribution in [3.63, 3.8) is 0 Å². The van der Waals surface area contributed by atoms with Gasteiger partial charge in [-0.25, -0.2) is 4.39 Å². The number of likely N-dealkylation sites (tertiary alicyclic amines) is 1. The van der Waals surface area contributed by atoms with Crippen LogP contribution in [0.2, 0.25) is 0 Å². The van der Waals surface area contributed by atoms with Gasteiger partial charge in [0.05, 0.1) is 12.7 Å². The van der Waals surface area contributed by atoms with E-state index in [1.807, 2.05) is 24.3 Å². The van der Waals surface area contributed by atoms with Crippen LogP contribution in [0.1, 0.15) is 23.2 Å². The molecule has 4 nitrogen and oxygen atoms in total. The Hall–Kier alpha value is -2.56. The Labute approximate surface area is 140 Å². The number of amides is 1. The summed E-state index contributed by atoms with van der Waals surface area (Å²) < 4.78 is 24.8. The summed E-state index contributed by atoms with van der Waals surface area (Å²) in [5, 5.41) is 0. The van der Waals surface area contributed by atoms with Crippen LogP contribution in [0.15, 0.2) is 48.5 Å². The monoisotopic (exact) mass is 329 g/mol. The van der Waals surface area contributed by atoms with Gasteiger partial charge in [-0.3, -0.25) is 4.79 Å². The molecule has 0 atom stereocenters. The SMILES string of the molecule is COc1ccc(OC2CCN(C(=O)c3ccccc3F)CC2)cc1. The molecular formula is C19H20FNO3. The Kier molecular flexibility index (Phi) is 4.99. The molecule has 0 aliphatic carbocycles. The predicted octanol–water partition coefficient (Wildman–Crippen LogP) is 3.52. The Morgan fingerprint density at radius 2 is 1.67 bits per heavy atom. The Morgan fingerprint density at radius 3 is 2.29 bits per heavy atom. The molecule has 0 spiro atoms. The second-order valence-electron chi connectivity index (χ2n) is 5.76. The first-order valence-corrected chi connectivity index (χ1v) is 8.02. The first-order valence-electron chi connectivity index (χ1n) is 8.02. The van der Waals surface area contributed by atoms with Crippen LogP contribution >= 0.6 is 0 Å². The number of halogens is 1. The van der Waals surface area contributed by atoms with Gasteiger partial charge in [-0.05, 0) is 36.4 Å². The summed E-state index contributed by atoms with van der Waals surface area (Å²) in [7, 11) is 1.62. The van der Waals surface area contributed by atoms with Crippen molar-refractivity contribution in [2.24, 2.45) is 0 Å². The molecule has 0 N–H and O–H groups in total. The van der Waals surface area contributed by atoms with Crippen LogP contribution in [0.3, 0.4) is 0 Å². The number of carbonyl (C=O) groups is 1. The summed E-state index contributed by atoms with van der Waals surface area (Å²) in [4.78, 5) is 14.1. The van der Waals surface area contributed by atoms with Crippen molar-refractivity contribution >= 4 is 5.91 Å². The van der Waals surface area contributed by atoms with Crippen molar-refractivity contribution in [1.82, 2.24) is 4.90 Å². The quantitative estimate of drug-likeness (QED) is 0.861. The topological polar surface area (TPSA) is 38.8 Å². The highest BCUT2D eigenvalue weighted by Gasteiger charge is 2.26. The molecule has 0 aromatic heterocycles. The molecule has 126 valence electrons. The van der Waals surface area contributed by atoms with Gasteiger partial charge in [-0.2, -0.15) is 0 Å². The van der Waals surface area contributed by atoms with Crippen LogP contribution < -0.4 is 9.47 Å². The number of methoxy groups -OCH3 is 1. The third-order valence-electron chi connectivity index (χ3n) is 4.20. The zero-order valence-electron chi connectivity index (χ0n) is 13.6. The molecular weight excluding hydrogens is 309 g/mol. The Bertz CT molecular complexity index is 694. The van der Waals surface area contributed by atoms with Crippen LogP contribution in [0.4, 0.5) is 4.39 Å². The third-order valence-corrected chi connectivity index (χ3v) is 4.20. The minimum atomic E-state index is -0.473. The standard InChI is InChI=1S/C19H20FNO3/c1-23-14-6-8-15(9-7-14)24-16-10-12-21(13-11-16)19(22)17-4-2-3-5-18(17)20/h2-9,16H,10-13H2,1H3. The second-order valence-corrected chi connectivity index (χ2v) is 5.76. The number of piperidine rings is 1. The number of carbonyl (C=O) groups excluding carboxylic acids is 1. The van der Waals surface area contributed by atoms with Crippen LogP contribution in [-0.2, 0) is 0 Å². The summed E-state index contributed by atoms with van der Waals surface area (Å²) in [6, 6.07) is 13.5. The van der Waals surface area contributed by atoms with Crippen molar-refractivity contribution in [3.05, 3.63) is 59.9 Å². The van der Waals surface area contributed by atoms with E-state index in [4.69, 9.17) is 9.47 Å². The average Bonchev–Trinajstić information content (AvgIpc) is 2.63. The second kappa shape index (κ2) is 7.34. The number of hydrogen-bond acceptors (Lipinski definition) is 3. The number of benzene rings is 2. The van der Waals surface area contributed by atoms with Crippen molar-refractivity contribution in [2.45, 2.75) is 18.9 Å². The van der Waals surface area contributed by atoms with Crippen LogP contribution in [0.5, 0.6) is 11.5 Å². The van der Waals surface area contributed by atoms with E-state index in [1.54, 1.807) is 24.1 Å². The summed E-state index contributed by atoms with van der Waals surface area (Å²) in [5.41, 5.74) is 0.132. The van der Waals surface area contributed by atoms with E-state index in [0.717, 1.165) is 24.3 Å². The molecule has 0 bridgehead atoms. The van der Waals surface area contributed by atoms with Crippen LogP contribution in [-0.4, -0.2) is 37.1 Å². The van der Waals surface area contributed by atoms with Crippen molar-refractivity contribution < 1.29 is 18.7 Å². The molecule has 2 aromatic carbocycles. The van der Waals surface area contributed by atoms with Gasteiger partial charge in [0, 0.05) is 25.9 Å².